The lowest BCUT2D eigenvalue weighted by Crippen LogP contribution is -2.40. The van der Waals surface area contributed by atoms with Crippen LogP contribution in [0.3, 0.4) is 0 Å². The third kappa shape index (κ3) is 3.29. The molecule has 2 aliphatic heterocycles. The molecule has 0 spiro atoms. The van der Waals surface area contributed by atoms with Gasteiger partial charge in [-0.25, -0.2) is 0 Å². The van der Waals surface area contributed by atoms with Gasteiger partial charge < -0.3 is 14.7 Å². The van der Waals surface area contributed by atoms with Crippen LogP contribution in [-0.2, 0) is 0 Å². The monoisotopic (exact) mass is 290 g/mol. The van der Waals surface area contributed by atoms with Crippen molar-refractivity contribution in [2.24, 2.45) is 5.92 Å². The number of aromatic nitrogens is 2. The first-order valence-corrected chi connectivity index (χ1v) is 8.65. The highest BCUT2D eigenvalue weighted by Gasteiger charge is 2.32. The largest absolute Gasteiger partial charge is 0.339 e. The van der Waals surface area contributed by atoms with Crippen molar-refractivity contribution in [1.29, 1.82) is 0 Å². The summed E-state index contributed by atoms with van der Waals surface area (Å²) in [4.78, 5) is 7.30. The van der Waals surface area contributed by atoms with Gasteiger partial charge in [-0.2, -0.15) is 4.98 Å². The van der Waals surface area contributed by atoms with Crippen molar-refractivity contribution in [3.8, 4) is 0 Å². The van der Waals surface area contributed by atoms with Crippen LogP contribution >= 0.6 is 0 Å². The summed E-state index contributed by atoms with van der Waals surface area (Å²) in [5, 5.41) is 7.71. The van der Waals surface area contributed by atoms with Crippen LogP contribution in [0.25, 0.3) is 0 Å². The summed E-state index contributed by atoms with van der Waals surface area (Å²) in [5.74, 6) is 3.78. The van der Waals surface area contributed by atoms with E-state index in [-0.39, 0.29) is 0 Å². The van der Waals surface area contributed by atoms with Crippen LogP contribution in [0, 0.1) is 5.92 Å². The smallest absolute Gasteiger partial charge is 0.229 e. The van der Waals surface area contributed by atoms with Crippen LogP contribution in [0.2, 0.25) is 0 Å². The molecule has 1 aromatic rings. The van der Waals surface area contributed by atoms with Gasteiger partial charge in [0.2, 0.25) is 5.89 Å². The van der Waals surface area contributed by atoms with E-state index >= 15 is 0 Å². The molecule has 1 saturated carbocycles. The summed E-state index contributed by atoms with van der Waals surface area (Å²) in [6, 6.07) is 0. The summed E-state index contributed by atoms with van der Waals surface area (Å²) in [6.07, 6.45) is 7.60. The molecular formula is C16H26N4O. The summed E-state index contributed by atoms with van der Waals surface area (Å²) in [6.45, 7) is 6.00. The summed E-state index contributed by atoms with van der Waals surface area (Å²) >= 11 is 0. The van der Waals surface area contributed by atoms with E-state index in [9.17, 15) is 0 Å². The van der Waals surface area contributed by atoms with Gasteiger partial charge in [0.25, 0.3) is 0 Å². The number of nitrogens with zero attached hydrogens (tertiary/aromatic N) is 3. The van der Waals surface area contributed by atoms with E-state index in [1.54, 1.807) is 0 Å². The van der Waals surface area contributed by atoms with Crippen LogP contribution < -0.4 is 5.32 Å². The molecule has 0 aromatic carbocycles. The highest BCUT2D eigenvalue weighted by atomic mass is 16.5. The molecule has 1 aromatic heterocycles. The van der Waals surface area contributed by atoms with Gasteiger partial charge in [0.1, 0.15) is 0 Å². The average molecular weight is 290 g/mol. The average Bonchev–Trinajstić information content (AvgIpc) is 3.26. The van der Waals surface area contributed by atoms with Gasteiger partial charge in [0.05, 0.1) is 0 Å². The van der Waals surface area contributed by atoms with Crippen molar-refractivity contribution in [1.82, 2.24) is 20.4 Å². The molecule has 0 amide bonds. The van der Waals surface area contributed by atoms with Gasteiger partial charge in [-0.15, -0.1) is 0 Å². The second-order valence-electron chi connectivity index (χ2n) is 7.06. The molecule has 2 saturated heterocycles. The Morgan fingerprint density at radius 3 is 2.76 bits per heavy atom. The van der Waals surface area contributed by atoms with E-state index in [1.807, 2.05) is 0 Å². The molecule has 1 N–H and O–H groups in total. The Morgan fingerprint density at radius 2 is 1.95 bits per heavy atom. The molecule has 3 heterocycles. The normalized spacial score (nSPS) is 28.9. The Morgan fingerprint density at radius 1 is 1.10 bits per heavy atom. The lowest BCUT2D eigenvalue weighted by Gasteiger charge is -2.35. The maximum absolute atomic E-state index is 5.44. The quantitative estimate of drug-likeness (QED) is 0.920. The molecule has 0 bridgehead atoms. The van der Waals surface area contributed by atoms with Gasteiger partial charge in [-0.1, -0.05) is 5.16 Å². The number of hydrogen-bond acceptors (Lipinski definition) is 5. The molecule has 5 heteroatoms. The van der Waals surface area contributed by atoms with Crippen molar-refractivity contribution in [3.05, 3.63) is 11.7 Å². The topological polar surface area (TPSA) is 54.2 Å². The van der Waals surface area contributed by atoms with E-state index in [0.717, 1.165) is 24.2 Å². The third-order valence-corrected chi connectivity index (χ3v) is 5.23. The first-order valence-electron chi connectivity index (χ1n) is 8.65. The first-order chi connectivity index (χ1) is 10.4. The number of nitrogens with one attached hydrogen (secondary N) is 1. The minimum absolute atomic E-state index is 0.483. The Balaban J connectivity index is 1.35. The standard InChI is InChI=1S/C16H26N4O/c1-2-14(15-18-16(21-19-15)13-3-4-13)11-20(9-1)10-12-5-7-17-8-6-12/h12-14,17H,1-11H2. The second kappa shape index (κ2) is 6.05. The number of hydrogen-bond donors (Lipinski definition) is 1. The maximum atomic E-state index is 5.44. The minimum atomic E-state index is 0.483. The van der Waals surface area contributed by atoms with Gasteiger partial charge in [0, 0.05) is 24.9 Å². The molecule has 116 valence electrons. The Labute approximate surface area is 126 Å². The number of likely N-dealkylation sites (tertiary alicyclic amines) is 1. The molecule has 1 aliphatic carbocycles. The fraction of sp³-hybridized carbons (Fsp3) is 0.875. The van der Waals surface area contributed by atoms with Crippen molar-refractivity contribution in [3.63, 3.8) is 0 Å². The lowest BCUT2D eigenvalue weighted by molar-refractivity contribution is 0.160. The van der Waals surface area contributed by atoms with E-state index in [0.29, 0.717) is 11.8 Å². The predicted octanol–water partition coefficient (Wildman–Crippen LogP) is 2.13. The lowest BCUT2D eigenvalue weighted by atomic mass is 9.93. The van der Waals surface area contributed by atoms with Gasteiger partial charge in [-0.3, -0.25) is 0 Å². The van der Waals surface area contributed by atoms with Crippen LogP contribution in [0.15, 0.2) is 4.52 Å². The minimum Gasteiger partial charge on any atom is -0.339 e. The highest BCUT2D eigenvalue weighted by molar-refractivity contribution is 5.05. The zero-order chi connectivity index (χ0) is 14.1. The van der Waals surface area contributed by atoms with Crippen molar-refractivity contribution in [2.75, 3.05) is 32.7 Å². The number of rotatable bonds is 4. The summed E-state index contributed by atoms with van der Waals surface area (Å²) in [5.41, 5.74) is 0. The maximum Gasteiger partial charge on any atom is 0.229 e. The number of piperidine rings is 2. The predicted molar refractivity (Wildman–Crippen MR) is 80.3 cm³/mol. The molecular weight excluding hydrogens is 264 g/mol. The Kier molecular flexibility index (Phi) is 3.95. The van der Waals surface area contributed by atoms with Gasteiger partial charge >= 0.3 is 0 Å². The third-order valence-electron chi connectivity index (χ3n) is 5.23. The molecule has 3 fully saturated rings. The highest BCUT2D eigenvalue weighted by Crippen LogP contribution is 2.39. The fourth-order valence-electron chi connectivity index (χ4n) is 3.77. The van der Waals surface area contributed by atoms with E-state index in [2.05, 4.69) is 20.4 Å². The fourth-order valence-corrected chi connectivity index (χ4v) is 3.77. The Bertz CT molecular complexity index is 465. The first kappa shape index (κ1) is 13.7. The zero-order valence-electron chi connectivity index (χ0n) is 12.8. The van der Waals surface area contributed by atoms with E-state index in [4.69, 9.17) is 4.52 Å². The van der Waals surface area contributed by atoms with E-state index in [1.165, 1.54) is 64.7 Å². The van der Waals surface area contributed by atoms with E-state index < -0.39 is 0 Å². The zero-order valence-corrected chi connectivity index (χ0v) is 12.8. The molecule has 1 atom stereocenters. The van der Waals surface area contributed by atoms with Crippen LogP contribution in [0.5, 0.6) is 0 Å². The van der Waals surface area contributed by atoms with Gasteiger partial charge in [0.15, 0.2) is 5.82 Å². The molecule has 3 aliphatic rings. The summed E-state index contributed by atoms with van der Waals surface area (Å²) in [7, 11) is 0. The molecule has 1 unspecified atom stereocenters. The SMILES string of the molecule is C1CC(c2noc(C3CC3)n2)CN(CC2CCNCC2)C1. The van der Waals surface area contributed by atoms with Crippen molar-refractivity contribution >= 4 is 0 Å². The molecule has 21 heavy (non-hydrogen) atoms. The second-order valence-corrected chi connectivity index (χ2v) is 7.06. The molecule has 4 rings (SSSR count). The van der Waals surface area contributed by atoms with Gasteiger partial charge in [-0.05, 0) is 64.1 Å². The molecule has 5 nitrogen and oxygen atoms in total. The van der Waals surface area contributed by atoms with Crippen molar-refractivity contribution < 1.29 is 4.52 Å². The van der Waals surface area contributed by atoms with Crippen molar-refractivity contribution in [2.45, 2.75) is 50.4 Å². The van der Waals surface area contributed by atoms with Crippen LogP contribution in [0.4, 0.5) is 0 Å². The molecule has 0 radical (unpaired) electrons. The Hall–Kier alpha value is -0.940. The van der Waals surface area contributed by atoms with Crippen LogP contribution in [-0.4, -0.2) is 47.8 Å². The van der Waals surface area contributed by atoms with Crippen LogP contribution in [0.1, 0.15) is 62.1 Å². The summed E-state index contributed by atoms with van der Waals surface area (Å²) < 4.78 is 5.44.